The Labute approximate surface area is 182 Å². The number of thioether (sulfide) groups is 1. The number of halogens is 1. The first-order chi connectivity index (χ1) is 14.7. The maximum absolute atomic E-state index is 12.2. The number of furan rings is 1. The van der Waals surface area contributed by atoms with Gasteiger partial charge >= 0.3 is 0 Å². The predicted octanol–water partition coefficient (Wildman–Crippen LogP) is 5.01. The minimum atomic E-state index is -0.262. The highest BCUT2D eigenvalue weighted by molar-refractivity contribution is 7.98. The number of amides is 1. The highest BCUT2D eigenvalue weighted by Gasteiger charge is 2.12. The first-order valence-electron chi connectivity index (χ1n) is 9.16. The van der Waals surface area contributed by atoms with E-state index in [1.54, 1.807) is 24.5 Å². The van der Waals surface area contributed by atoms with Crippen molar-refractivity contribution in [3.05, 3.63) is 95.2 Å². The van der Waals surface area contributed by atoms with Gasteiger partial charge in [0.25, 0.3) is 5.91 Å². The molecule has 30 heavy (non-hydrogen) atoms. The quantitative estimate of drug-likeness (QED) is 0.410. The number of nitrogens with zero attached hydrogens (tertiary/aromatic N) is 3. The van der Waals surface area contributed by atoms with Crippen molar-refractivity contribution in [2.75, 3.05) is 0 Å². The fourth-order valence-corrected chi connectivity index (χ4v) is 3.50. The molecule has 0 saturated carbocycles. The van der Waals surface area contributed by atoms with Gasteiger partial charge in [0.2, 0.25) is 0 Å². The maximum Gasteiger partial charge on any atom is 0.287 e. The van der Waals surface area contributed by atoms with Crippen molar-refractivity contribution in [1.82, 2.24) is 20.5 Å². The zero-order valence-electron chi connectivity index (χ0n) is 15.8. The summed E-state index contributed by atoms with van der Waals surface area (Å²) in [5.41, 5.74) is 2.66. The van der Waals surface area contributed by atoms with Crippen LogP contribution in [0.3, 0.4) is 0 Å². The lowest BCUT2D eigenvalue weighted by Crippen LogP contribution is -2.22. The number of pyridine rings is 1. The summed E-state index contributed by atoms with van der Waals surface area (Å²) in [5.74, 6) is 1.25. The molecule has 0 aliphatic heterocycles. The number of rotatable bonds is 7. The number of benzene rings is 1. The SMILES string of the molecule is O=C(NCc1cccnc1)c1ccc(CSc2ccc(-c3ccc(Cl)cc3)nn2)o1. The third-order valence-electron chi connectivity index (χ3n) is 4.20. The second-order valence-electron chi connectivity index (χ2n) is 6.36. The second kappa shape index (κ2) is 9.56. The summed E-state index contributed by atoms with van der Waals surface area (Å²) in [6.45, 7) is 0.396. The first kappa shape index (κ1) is 20.1. The number of hydrogen-bond acceptors (Lipinski definition) is 6. The van der Waals surface area contributed by atoms with E-state index in [2.05, 4.69) is 20.5 Å². The molecule has 4 aromatic rings. The van der Waals surface area contributed by atoms with Gasteiger partial charge in [-0.05, 0) is 48.0 Å². The monoisotopic (exact) mass is 436 g/mol. The Morgan fingerprint density at radius 1 is 1.03 bits per heavy atom. The van der Waals surface area contributed by atoms with E-state index >= 15 is 0 Å². The van der Waals surface area contributed by atoms with E-state index in [1.807, 2.05) is 48.5 Å². The van der Waals surface area contributed by atoms with Crippen molar-refractivity contribution in [2.45, 2.75) is 17.3 Å². The molecule has 0 unspecified atom stereocenters. The van der Waals surface area contributed by atoms with E-state index in [0.29, 0.717) is 23.1 Å². The molecular formula is C22H17ClN4O2S. The molecule has 0 aliphatic rings. The molecule has 0 atom stereocenters. The van der Waals surface area contributed by atoms with Crippen LogP contribution in [0.1, 0.15) is 21.9 Å². The van der Waals surface area contributed by atoms with Gasteiger partial charge in [0.1, 0.15) is 10.8 Å². The third kappa shape index (κ3) is 5.25. The molecule has 150 valence electrons. The number of carbonyl (C=O) groups is 1. The number of hydrogen-bond donors (Lipinski definition) is 1. The first-order valence-corrected chi connectivity index (χ1v) is 10.5. The molecule has 4 rings (SSSR count). The summed E-state index contributed by atoms with van der Waals surface area (Å²) < 4.78 is 5.65. The van der Waals surface area contributed by atoms with Crippen LogP contribution >= 0.6 is 23.4 Å². The Hall–Kier alpha value is -3.16. The fourth-order valence-electron chi connectivity index (χ4n) is 2.67. The zero-order valence-corrected chi connectivity index (χ0v) is 17.4. The molecule has 0 radical (unpaired) electrons. The van der Waals surface area contributed by atoms with Crippen LogP contribution in [0.5, 0.6) is 0 Å². The van der Waals surface area contributed by atoms with Crippen molar-refractivity contribution in [2.24, 2.45) is 0 Å². The molecule has 6 nitrogen and oxygen atoms in total. The van der Waals surface area contributed by atoms with Crippen LogP contribution in [0.15, 0.2) is 82.5 Å². The summed E-state index contributed by atoms with van der Waals surface area (Å²) in [6.07, 6.45) is 3.40. The van der Waals surface area contributed by atoms with Crippen molar-refractivity contribution in [3.8, 4) is 11.3 Å². The van der Waals surface area contributed by atoms with Gasteiger partial charge in [0, 0.05) is 29.5 Å². The van der Waals surface area contributed by atoms with Crippen LogP contribution < -0.4 is 5.32 Å². The Morgan fingerprint density at radius 3 is 2.63 bits per heavy atom. The smallest absolute Gasteiger partial charge is 0.287 e. The Balaban J connectivity index is 1.30. The van der Waals surface area contributed by atoms with E-state index in [-0.39, 0.29) is 11.7 Å². The lowest BCUT2D eigenvalue weighted by Gasteiger charge is -2.03. The molecule has 1 amide bonds. The van der Waals surface area contributed by atoms with E-state index in [1.165, 1.54) is 11.8 Å². The minimum absolute atomic E-state index is 0.262. The maximum atomic E-state index is 12.2. The Bertz CT molecular complexity index is 1120. The van der Waals surface area contributed by atoms with E-state index < -0.39 is 0 Å². The van der Waals surface area contributed by atoms with Gasteiger partial charge < -0.3 is 9.73 Å². The van der Waals surface area contributed by atoms with Crippen LogP contribution in [0.25, 0.3) is 11.3 Å². The molecule has 0 bridgehead atoms. The third-order valence-corrected chi connectivity index (χ3v) is 5.40. The molecule has 0 saturated heterocycles. The predicted molar refractivity (Wildman–Crippen MR) is 116 cm³/mol. The van der Waals surface area contributed by atoms with Gasteiger partial charge in [-0.2, -0.15) is 0 Å². The summed E-state index contributed by atoms with van der Waals surface area (Å²) >= 11 is 7.40. The van der Waals surface area contributed by atoms with Crippen LogP contribution in [0.2, 0.25) is 5.02 Å². The molecule has 1 aromatic carbocycles. The average Bonchev–Trinajstić information content (AvgIpc) is 3.27. The summed E-state index contributed by atoms with van der Waals surface area (Å²) in [7, 11) is 0. The minimum Gasteiger partial charge on any atom is -0.455 e. The van der Waals surface area contributed by atoms with Crippen molar-refractivity contribution < 1.29 is 9.21 Å². The van der Waals surface area contributed by atoms with Gasteiger partial charge in [-0.1, -0.05) is 41.6 Å². The van der Waals surface area contributed by atoms with Gasteiger partial charge in [0.15, 0.2) is 5.76 Å². The zero-order chi connectivity index (χ0) is 20.8. The van der Waals surface area contributed by atoms with Gasteiger partial charge in [-0.25, -0.2) is 0 Å². The van der Waals surface area contributed by atoms with Crippen molar-refractivity contribution in [3.63, 3.8) is 0 Å². The van der Waals surface area contributed by atoms with E-state index in [0.717, 1.165) is 21.8 Å². The topological polar surface area (TPSA) is 80.9 Å². The van der Waals surface area contributed by atoms with Crippen LogP contribution in [0.4, 0.5) is 0 Å². The van der Waals surface area contributed by atoms with Gasteiger partial charge in [0.05, 0.1) is 11.4 Å². The molecular weight excluding hydrogens is 420 g/mol. The van der Waals surface area contributed by atoms with Crippen LogP contribution in [-0.4, -0.2) is 21.1 Å². The molecule has 3 aromatic heterocycles. The number of aromatic nitrogens is 3. The second-order valence-corrected chi connectivity index (χ2v) is 7.79. The largest absolute Gasteiger partial charge is 0.455 e. The van der Waals surface area contributed by atoms with Gasteiger partial charge in [-0.3, -0.25) is 9.78 Å². The normalized spacial score (nSPS) is 10.7. The summed E-state index contributed by atoms with van der Waals surface area (Å²) in [4.78, 5) is 16.3. The molecule has 0 spiro atoms. The molecule has 8 heteroatoms. The lowest BCUT2D eigenvalue weighted by atomic mass is 10.1. The standard InChI is InChI=1S/C22H17ClN4O2S/c23-17-5-3-16(4-6-17)19-8-10-21(27-26-19)30-14-18-7-9-20(29-18)22(28)25-13-15-2-1-11-24-12-15/h1-12H,13-14H2,(H,25,28). The van der Waals surface area contributed by atoms with Crippen molar-refractivity contribution in [1.29, 1.82) is 0 Å². The van der Waals surface area contributed by atoms with Crippen LogP contribution in [-0.2, 0) is 12.3 Å². The average molecular weight is 437 g/mol. The molecule has 0 fully saturated rings. The number of carbonyl (C=O) groups excluding carboxylic acids is 1. The summed E-state index contributed by atoms with van der Waals surface area (Å²) in [5, 5.41) is 12.8. The molecule has 3 heterocycles. The molecule has 1 N–H and O–H groups in total. The van der Waals surface area contributed by atoms with Gasteiger partial charge in [-0.15, -0.1) is 10.2 Å². The highest BCUT2D eigenvalue weighted by Crippen LogP contribution is 2.24. The van der Waals surface area contributed by atoms with Crippen molar-refractivity contribution >= 4 is 29.3 Å². The Kier molecular flexibility index (Phi) is 6.41. The molecule has 0 aliphatic carbocycles. The fraction of sp³-hybridized carbons (Fsp3) is 0.0909. The van der Waals surface area contributed by atoms with Crippen LogP contribution in [0, 0.1) is 0 Å². The Morgan fingerprint density at radius 2 is 1.90 bits per heavy atom. The van der Waals surface area contributed by atoms with E-state index in [4.69, 9.17) is 16.0 Å². The summed E-state index contributed by atoms with van der Waals surface area (Å²) in [6, 6.07) is 18.5. The highest BCUT2D eigenvalue weighted by atomic mass is 35.5. The number of nitrogens with one attached hydrogen (secondary N) is 1. The van der Waals surface area contributed by atoms with E-state index in [9.17, 15) is 4.79 Å². The lowest BCUT2D eigenvalue weighted by molar-refractivity contribution is 0.0921.